The Kier molecular flexibility index (Phi) is 2.80. The van der Waals surface area contributed by atoms with Crippen LogP contribution in [0.1, 0.15) is 16.7 Å². The number of hydrogen-bond donors (Lipinski definition) is 2. The van der Waals surface area contributed by atoms with Gasteiger partial charge in [0.15, 0.2) is 0 Å². The van der Waals surface area contributed by atoms with Crippen molar-refractivity contribution in [1.82, 2.24) is 0 Å². The Balaban J connectivity index is 2.64. The Morgan fingerprint density at radius 1 is 0.706 bits per heavy atom. The fourth-order valence-corrected chi connectivity index (χ4v) is 2.02. The van der Waals surface area contributed by atoms with E-state index < -0.39 is 0 Å². The van der Waals surface area contributed by atoms with Crippen LogP contribution in [-0.4, -0.2) is 10.2 Å². The second kappa shape index (κ2) is 4.13. The standard InChI is InChI=1S/C15H16O2/c1-9-4-5-12(10(2)6-9)13-7-11(3)14(16)8-15(13)17/h4-8,16-17H,1-3H3. The highest BCUT2D eigenvalue weighted by atomic mass is 16.3. The molecule has 0 unspecified atom stereocenters. The summed E-state index contributed by atoms with van der Waals surface area (Å²) >= 11 is 0. The molecule has 0 aliphatic carbocycles. The topological polar surface area (TPSA) is 40.5 Å². The van der Waals surface area contributed by atoms with E-state index in [4.69, 9.17) is 0 Å². The van der Waals surface area contributed by atoms with Gasteiger partial charge in [-0.15, -0.1) is 0 Å². The first-order valence-corrected chi connectivity index (χ1v) is 5.59. The summed E-state index contributed by atoms with van der Waals surface area (Å²) in [6.45, 7) is 5.88. The second-order valence-electron chi connectivity index (χ2n) is 4.47. The number of aryl methyl sites for hydroxylation is 3. The maximum absolute atomic E-state index is 9.90. The highest BCUT2D eigenvalue weighted by Crippen LogP contribution is 2.36. The van der Waals surface area contributed by atoms with Crippen LogP contribution >= 0.6 is 0 Å². The fourth-order valence-electron chi connectivity index (χ4n) is 2.02. The molecule has 2 aromatic rings. The lowest BCUT2D eigenvalue weighted by Crippen LogP contribution is -1.87. The summed E-state index contributed by atoms with van der Waals surface area (Å²) < 4.78 is 0. The minimum absolute atomic E-state index is 0.111. The second-order valence-corrected chi connectivity index (χ2v) is 4.47. The summed E-state index contributed by atoms with van der Waals surface area (Å²) in [7, 11) is 0. The predicted octanol–water partition coefficient (Wildman–Crippen LogP) is 3.69. The zero-order chi connectivity index (χ0) is 12.6. The molecule has 2 heteroatoms. The third-order valence-corrected chi connectivity index (χ3v) is 2.99. The molecule has 0 radical (unpaired) electrons. The van der Waals surface area contributed by atoms with Crippen molar-refractivity contribution in [2.45, 2.75) is 20.8 Å². The Morgan fingerprint density at radius 2 is 1.41 bits per heavy atom. The molecule has 0 saturated carbocycles. The number of phenols is 2. The predicted molar refractivity (Wildman–Crippen MR) is 69.4 cm³/mol. The average molecular weight is 228 g/mol. The van der Waals surface area contributed by atoms with E-state index >= 15 is 0 Å². The van der Waals surface area contributed by atoms with E-state index in [1.165, 1.54) is 11.6 Å². The van der Waals surface area contributed by atoms with Crippen molar-refractivity contribution in [1.29, 1.82) is 0 Å². The maximum atomic E-state index is 9.90. The van der Waals surface area contributed by atoms with Crippen LogP contribution in [0, 0.1) is 20.8 Å². The van der Waals surface area contributed by atoms with Crippen LogP contribution in [-0.2, 0) is 0 Å². The van der Waals surface area contributed by atoms with Gasteiger partial charge in [-0.05, 0) is 43.5 Å². The van der Waals surface area contributed by atoms with Gasteiger partial charge in [-0.2, -0.15) is 0 Å². The van der Waals surface area contributed by atoms with Crippen LogP contribution in [0.15, 0.2) is 30.3 Å². The van der Waals surface area contributed by atoms with Gasteiger partial charge in [0.25, 0.3) is 0 Å². The van der Waals surface area contributed by atoms with Gasteiger partial charge in [0.1, 0.15) is 11.5 Å². The molecule has 0 aromatic heterocycles. The minimum atomic E-state index is 0.111. The summed E-state index contributed by atoms with van der Waals surface area (Å²) in [6, 6.07) is 9.30. The zero-order valence-corrected chi connectivity index (χ0v) is 10.3. The molecular formula is C15H16O2. The third kappa shape index (κ3) is 2.11. The monoisotopic (exact) mass is 228 g/mol. The van der Waals surface area contributed by atoms with Crippen molar-refractivity contribution >= 4 is 0 Å². The Morgan fingerprint density at radius 3 is 2.06 bits per heavy atom. The molecule has 88 valence electrons. The number of rotatable bonds is 1. The van der Waals surface area contributed by atoms with Crippen LogP contribution < -0.4 is 0 Å². The molecule has 0 aliphatic heterocycles. The number of benzene rings is 2. The largest absolute Gasteiger partial charge is 0.508 e. The molecule has 0 saturated heterocycles. The van der Waals surface area contributed by atoms with Gasteiger partial charge in [-0.25, -0.2) is 0 Å². The van der Waals surface area contributed by atoms with Crippen LogP contribution in [0.5, 0.6) is 11.5 Å². The van der Waals surface area contributed by atoms with E-state index in [1.807, 2.05) is 39.0 Å². The van der Waals surface area contributed by atoms with Crippen LogP contribution in [0.3, 0.4) is 0 Å². The van der Waals surface area contributed by atoms with E-state index in [0.29, 0.717) is 0 Å². The number of phenolic OH excluding ortho intramolecular Hbond substituents is 2. The molecule has 0 amide bonds. The Bertz CT molecular complexity index is 571. The lowest BCUT2D eigenvalue weighted by molar-refractivity contribution is 0.449. The molecule has 0 atom stereocenters. The van der Waals surface area contributed by atoms with Crippen molar-refractivity contribution < 1.29 is 10.2 Å². The van der Waals surface area contributed by atoms with Gasteiger partial charge in [0.2, 0.25) is 0 Å². The van der Waals surface area contributed by atoms with Gasteiger partial charge >= 0.3 is 0 Å². The van der Waals surface area contributed by atoms with Crippen LogP contribution in [0.4, 0.5) is 0 Å². The molecule has 0 spiro atoms. The Labute approximate surface area is 101 Å². The SMILES string of the molecule is Cc1ccc(-c2cc(C)c(O)cc2O)c(C)c1. The summed E-state index contributed by atoms with van der Waals surface area (Å²) in [5, 5.41) is 19.4. The van der Waals surface area contributed by atoms with Gasteiger partial charge in [-0.3, -0.25) is 0 Å². The first kappa shape index (κ1) is 11.5. The molecule has 17 heavy (non-hydrogen) atoms. The van der Waals surface area contributed by atoms with Crippen molar-refractivity contribution in [2.24, 2.45) is 0 Å². The van der Waals surface area contributed by atoms with E-state index in [1.54, 1.807) is 0 Å². The molecule has 2 nitrogen and oxygen atoms in total. The fraction of sp³-hybridized carbons (Fsp3) is 0.200. The highest BCUT2D eigenvalue weighted by molar-refractivity contribution is 5.75. The molecule has 0 heterocycles. The van der Waals surface area contributed by atoms with Gasteiger partial charge < -0.3 is 10.2 Å². The van der Waals surface area contributed by atoms with Crippen LogP contribution in [0.2, 0.25) is 0 Å². The maximum Gasteiger partial charge on any atom is 0.127 e. The minimum Gasteiger partial charge on any atom is -0.508 e. The number of aromatic hydroxyl groups is 2. The van der Waals surface area contributed by atoms with E-state index in [-0.39, 0.29) is 11.5 Å². The highest BCUT2D eigenvalue weighted by Gasteiger charge is 2.10. The zero-order valence-electron chi connectivity index (χ0n) is 10.3. The molecular weight excluding hydrogens is 212 g/mol. The van der Waals surface area contributed by atoms with E-state index in [0.717, 1.165) is 22.3 Å². The summed E-state index contributed by atoms with van der Waals surface area (Å²) in [5.74, 6) is 0.232. The normalized spacial score (nSPS) is 10.5. The van der Waals surface area contributed by atoms with E-state index in [9.17, 15) is 10.2 Å². The van der Waals surface area contributed by atoms with Crippen molar-refractivity contribution in [2.75, 3.05) is 0 Å². The first-order valence-electron chi connectivity index (χ1n) is 5.59. The molecule has 0 bridgehead atoms. The summed E-state index contributed by atoms with van der Waals surface area (Å²) in [4.78, 5) is 0. The van der Waals surface area contributed by atoms with Crippen molar-refractivity contribution in [3.05, 3.63) is 47.0 Å². The van der Waals surface area contributed by atoms with Gasteiger partial charge in [0, 0.05) is 11.6 Å². The van der Waals surface area contributed by atoms with Crippen molar-refractivity contribution in [3.63, 3.8) is 0 Å². The quantitative estimate of drug-likeness (QED) is 0.781. The summed E-state index contributed by atoms with van der Waals surface area (Å²) in [5.41, 5.74) is 4.83. The lowest BCUT2D eigenvalue weighted by Gasteiger charge is -2.11. The number of hydrogen-bond acceptors (Lipinski definition) is 2. The molecule has 2 N–H and O–H groups in total. The van der Waals surface area contributed by atoms with Crippen molar-refractivity contribution in [3.8, 4) is 22.6 Å². The Hall–Kier alpha value is -1.96. The first-order chi connectivity index (χ1) is 7.99. The average Bonchev–Trinajstić information content (AvgIpc) is 2.24. The van der Waals surface area contributed by atoms with Gasteiger partial charge in [0.05, 0.1) is 0 Å². The third-order valence-electron chi connectivity index (χ3n) is 2.99. The molecule has 0 fully saturated rings. The molecule has 2 rings (SSSR count). The van der Waals surface area contributed by atoms with Gasteiger partial charge in [-0.1, -0.05) is 23.8 Å². The summed E-state index contributed by atoms with van der Waals surface area (Å²) in [6.07, 6.45) is 0. The lowest BCUT2D eigenvalue weighted by atomic mass is 9.96. The smallest absolute Gasteiger partial charge is 0.127 e. The molecule has 0 aliphatic rings. The molecule has 2 aromatic carbocycles. The van der Waals surface area contributed by atoms with Crippen LogP contribution in [0.25, 0.3) is 11.1 Å². The van der Waals surface area contributed by atoms with E-state index in [2.05, 4.69) is 6.07 Å².